The Kier molecular flexibility index (Phi) is 15.5. The molecule has 0 spiro atoms. The highest BCUT2D eigenvalue weighted by atomic mass is 16.6. The number of hydrogen-bond donors (Lipinski definition) is 1. The van der Waals surface area contributed by atoms with Gasteiger partial charge in [-0.1, -0.05) is 34.6 Å². The summed E-state index contributed by atoms with van der Waals surface area (Å²) in [6, 6.07) is 0. The Labute approximate surface area is 170 Å². The van der Waals surface area contributed by atoms with Crippen molar-refractivity contribution in [1.82, 2.24) is 0 Å². The summed E-state index contributed by atoms with van der Waals surface area (Å²) in [5, 5.41) is 8.44. The first kappa shape index (κ1) is 27.4. The van der Waals surface area contributed by atoms with E-state index in [1.807, 2.05) is 20.8 Å². The summed E-state index contributed by atoms with van der Waals surface area (Å²) >= 11 is 0. The van der Waals surface area contributed by atoms with Crippen LogP contribution >= 0.6 is 0 Å². The van der Waals surface area contributed by atoms with E-state index in [9.17, 15) is 14.4 Å². The molecule has 160 valence electrons. The molecule has 0 aromatic rings. The number of terminal acetylenes is 1. The average Bonchev–Trinajstić information content (AvgIpc) is 2.63. The maximum atomic E-state index is 11.6. The molecule has 5 nitrogen and oxygen atoms in total. The first-order valence-electron chi connectivity index (χ1n) is 10.4. The van der Waals surface area contributed by atoms with Crippen LogP contribution in [-0.2, 0) is 19.1 Å². The van der Waals surface area contributed by atoms with Crippen molar-refractivity contribution in [2.24, 2.45) is 16.2 Å². The van der Waals surface area contributed by atoms with Crippen molar-refractivity contribution >= 4 is 17.9 Å². The molecular formula is C22H42O5. The summed E-state index contributed by atoms with van der Waals surface area (Å²) in [4.78, 5) is 33.5. The molecule has 0 aliphatic heterocycles. The second-order valence-electron chi connectivity index (χ2n) is 7.69. The summed E-state index contributed by atoms with van der Waals surface area (Å²) in [5.41, 5.74) is -1.71. The normalized spacial score (nSPS) is 11.3. The van der Waals surface area contributed by atoms with Crippen LogP contribution in [0.4, 0.5) is 0 Å². The Hall–Kier alpha value is -1.83. The monoisotopic (exact) mass is 388 g/mol. The minimum Gasteiger partial charge on any atom is -0.481 e. The van der Waals surface area contributed by atoms with Crippen LogP contribution in [0.1, 0.15) is 98.1 Å². The third-order valence-electron chi connectivity index (χ3n) is 4.52. The lowest BCUT2D eigenvalue weighted by atomic mass is 9.89. The van der Waals surface area contributed by atoms with E-state index in [4.69, 9.17) is 12.6 Å². The molecule has 0 fully saturated rings. The van der Waals surface area contributed by atoms with Crippen molar-refractivity contribution in [3.8, 4) is 12.8 Å². The molecule has 0 unspecified atom stereocenters. The molecule has 0 aromatic carbocycles. The molecule has 0 amide bonds. The number of esters is 2. The largest absolute Gasteiger partial charge is 0.481 e. The van der Waals surface area contributed by atoms with Crippen LogP contribution in [0.2, 0.25) is 0 Å². The van der Waals surface area contributed by atoms with E-state index in [0.717, 1.165) is 0 Å². The lowest BCUT2D eigenvalue weighted by molar-refractivity contribution is -0.172. The fourth-order valence-corrected chi connectivity index (χ4v) is 0.800. The molecule has 0 atom stereocenters. The number of aliphatic carboxylic acids is 1. The van der Waals surface area contributed by atoms with E-state index in [2.05, 4.69) is 6.42 Å². The van der Waals surface area contributed by atoms with Crippen molar-refractivity contribution in [1.29, 1.82) is 0 Å². The number of rotatable bonds is 6. The SMILES string of the molecule is CCC(C)(C)C(=O)O.CCC(C)(C)C(=O)OC(=O)C(C)(C)CC.[2H]C#C.[2H]CC. The topological polar surface area (TPSA) is 80.7 Å². The lowest BCUT2D eigenvalue weighted by Crippen LogP contribution is -2.34. The predicted octanol–water partition coefficient (Wildman–Crippen LogP) is 5.71. The number of carbonyl (C=O) groups is 3. The van der Waals surface area contributed by atoms with Gasteiger partial charge < -0.3 is 9.84 Å². The quantitative estimate of drug-likeness (QED) is 0.358. The molecule has 5 heteroatoms. The smallest absolute Gasteiger partial charge is 0.319 e. The standard InChI is InChI=1S/C12H22O3.C6H12O2.C2H6.C2H2/c1-7-11(3,4)9(13)15-10(14)12(5,6)8-2;1-4-6(2,3)5(7)8;2*1-2/h7-8H2,1-6H3;4H2,1-3H3,(H,7,8);1-2H3;1-2H/i;;2*1D. The van der Waals surface area contributed by atoms with Crippen LogP contribution in [0.3, 0.4) is 0 Å². The number of carbonyl (C=O) groups excluding carboxylic acids is 2. The Balaban J connectivity index is -0.000000186. The van der Waals surface area contributed by atoms with Gasteiger partial charge in [0.2, 0.25) is 0 Å². The fraction of sp³-hybridized carbons (Fsp3) is 0.773. The summed E-state index contributed by atoms with van der Waals surface area (Å²) in [6.45, 7) is 18.5. The van der Waals surface area contributed by atoms with Crippen LogP contribution < -0.4 is 0 Å². The maximum absolute atomic E-state index is 11.6. The second kappa shape index (κ2) is 15.2. The zero-order valence-corrected chi connectivity index (χ0v) is 19.0. The van der Waals surface area contributed by atoms with E-state index in [1.165, 1.54) is 6.40 Å². The van der Waals surface area contributed by atoms with Crippen LogP contribution in [0.25, 0.3) is 0 Å². The Morgan fingerprint density at radius 3 is 1.22 bits per heavy atom. The maximum Gasteiger partial charge on any atom is 0.319 e. The van der Waals surface area contributed by atoms with E-state index in [1.54, 1.807) is 48.5 Å². The molecule has 0 aromatic heterocycles. The van der Waals surface area contributed by atoms with Gasteiger partial charge in [0.25, 0.3) is 0 Å². The van der Waals surface area contributed by atoms with Gasteiger partial charge in [0, 0.05) is 1.37 Å². The minimum atomic E-state index is -0.722. The first-order chi connectivity index (χ1) is 13.0. The molecule has 0 aliphatic carbocycles. The van der Waals surface area contributed by atoms with Crippen molar-refractivity contribution in [3.63, 3.8) is 0 Å². The summed E-state index contributed by atoms with van der Waals surface area (Å²) in [7, 11) is 0. The molecule has 0 saturated carbocycles. The van der Waals surface area contributed by atoms with E-state index < -0.39 is 34.2 Å². The van der Waals surface area contributed by atoms with Crippen LogP contribution in [0, 0.1) is 29.1 Å². The predicted molar refractivity (Wildman–Crippen MR) is 112 cm³/mol. The highest BCUT2D eigenvalue weighted by Crippen LogP contribution is 2.26. The zero-order valence-electron chi connectivity index (χ0n) is 21.0. The Bertz CT molecular complexity index is 492. The van der Waals surface area contributed by atoms with Crippen LogP contribution in [0.5, 0.6) is 0 Å². The molecule has 0 rings (SSSR count). The number of carboxylic acids is 1. The molecule has 0 bridgehead atoms. The molecule has 0 radical (unpaired) electrons. The van der Waals surface area contributed by atoms with Gasteiger partial charge in [0.15, 0.2) is 0 Å². The fourth-order valence-electron chi connectivity index (χ4n) is 0.800. The van der Waals surface area contributed by atoms with Crippen LogP contribution in [0.15, 0.2) is 0 Å². The summed E-state index contributed by atoms with van der Waals surface area (Å²) in [6.07, 6.45) is 7.76. The highest BCUT2D eigenvalue weighted by Gasteiger charge is 2.34. The third kappa shape index (κ3) is 14.0. The van der Waals surface area contributed by atoms with Gasteiger partial charge in [-0.3, -0.25) is 14.4 Å². The number of ether oxygens (including phenoxy) is 1. The van der Waals surface area contributed by atoms with Crippen molar-refractivity contribution in [3.05, 3.63) is 0 Å². The van der Waals surface area contributed by atoms with Gasteiger partial charge >= 0.3 is 17.9 Å². The highest BCUT2D eigenvalue weighted by molar-refractivity contribution is 5.90. The third-order valence-corrected chi connectivity index (χ3v) is 4.52. The first-order valence-corrected chi connectivity index (χ1v) is 9.17. The van der Waals surface area contributed by atoms with Gasteiger partial charge in [0.05, 0.1) is 16.2 Å². The van der Waals surface area contributed by atoms with E-state index in [-0.39, 0.29) is 0 Å². The number of carboxylic acid groups (broad SMARTS) is 1. The van der Waals surface area contributed by atoms with Crippen molar-refractivity contribution in [2.75, 3.05) is 0 Å². The Morgan fingerprint density at radius 1 is 0.889 bits per heavy atom. The molecule has 27 heavy (non-hydrogen) atoms. The molecule has 1 N–H and O–H groups in total. The van der Waals surface area contributed by atoms with E-state index >= 15 is 0 Å². The van der Waals surface area contributed by atoms with Gasteiger partial charge in [-0.25, -0.2) is 0 Å². The van der Waals surface area contributed by atoms with Crippen LogP contribution in [-0.4, -0.2) is 23.0 Å². The van der Waals surface area contributed by atoms with Gasteiger partial charge in [0.1, 0.15) is 1.37 Å². The molecule has 0 heterocycles. The summed E-state index contributed by atoms with van der Waals surface area (Å²) < 4.78 is 16.8. The lowest BCUT2D eigenvalue weighted by Gasteiger charge is -2.24. The molecule has 0 saturated heterocycles. The van der Waals surface area contributed by atoms with Gasteiger partial charge in [-0.05, 0) is 60.8 Å². The minimum absolute atomic E-state index is 0.434. The Morgan fingerprint density at radius 2 is 1.11 bits per heavy atom. The average molecular weight is 389 g/mol. The zero-order chi connectivity index (χ0) is 24.5. The van der Waals surface area contributed by atoms with E-state index in [0.29, 0.717) is 26.2 Å². The number of hydrogen-bond acceptors (Lipinski definition) is 4. The second-order valence-corrected chi connectivity index (χ2v) is 7.69. The van der Waals surface area contributed by atoms with Crippen molar-refractivity contribution < 1.29 is 27.0 Å². The van der Waals surface area contributed by atoms with Gasteiger partial charge in [-0.15, -0.1) is 12.8 Å². The van der Waals surface area contributed by atoms with Gasteiger partial charge in [-0.2, -0.15) is 0 Å². The summed E-state index contributed by atoms with van der Waals surface area (Å²) in [5.74, 6) is -1.59. The molecule has 0 aliphatic rings. The van der Waals surface area contributed by atoms with Crippen molar-refractivity contribution in [2.45, 2.75) is 95.4 Å². The molecular weight excluding hydrogens is 344 g/mol.